The summed E-state index contributed by atoms with van der Waals surface area (Å²) in [6.45, 7) is 42.1. The molecular weight excluding hydrogens is 1810 g/mol. The molecule has 0 atom stereocenters. The van der Waals surface area contributed by atoms with E-state index >= 15 is 0 Å². The van der Waals surface area contributed by atoms with E-state index < -0.39 is 32.9 Å². The fraction of sp³-hybridized carbons (Fsp3) is 0.400. The Hall–Kier alpha value is -3.80. The number of rotatable bonds is 7. The number of hydrogen-bond acceptors (Lipinski definition) is 18. The molecule has 5 aliphatic rings. The molecule has 0 radical (unpaired) electrons. The number of aliphatic hydroxyl groups excluding tert-OH is 1. The molecule has 4 N–H and O–H groups in total. The Kier molecular flexibility index (Phi) is 43.5. The topological polar surface area (TPSA) is 217 Å². The number of pyridine rings is 6. The molecular formula is C75H106Br5Cl2N12NaO6S2Si3. The molecule has 0 saturated carbocycles. The van der Waals surface area contributed by atoms with Gasteiger partial charge in [0.05, 0.1) is 4.90 Å². The monoisotopic (exact) mass is 1910 g/mol. The zero-order valence-corrected chi connectivity index (χ0v) is 79.4. The normalized spacial score (nSPS) is 13.3. The van der Waals surface area contributed by atoms with Gasteiger partial charge in [0.1, 0.15) is 41.5 Å². The summed E-state index contributed by atoms with van der Waals surface area (Å²) in [6, 6.07) is 38.0. The van der Waals surface area contributed by atoms with E-state index in [-0.39, 0.29) is 43.3 Å². The molecule has 2 aromatic carbocycles. The van der Waals surface area contributed by atoms with E-state index in [2.05, 4.69) is 263 Å². The Morgan fingerprint density at radius 1 is 0.547 bits per heavy atom. The number of nitrogens with zero attached hydrogens (tertiary/aromatic N) is 9. The zero-order chi connectivity index (χ0) is 77.7. The molecule has 0 amide bonds. The number of aliphatic hydroxyl groups is 1. The Balaban J connectivity index is 0.000000613. The van der Waals surface area contributed by atoms with E-state index in [1.165, 1.54) is 51.6 Å². The van der Waals surface area contributed by atoms with E-state index in [1.807, 2.05) is 103 Å². The second kappa shape index (κ2) is 46.9. The molecule has 576 valence electrons. The number of carbonyl (C=O) groups excluding carboxylic acids is 1. The number of carbonyl (C=O) groups is 1. The van der Waals surface area contributed by atoms with Crippen molar-refractivity contribution in [2.45, 2.75) is 161 Å². The van der Waals surface area contributed by atoms with Gasteiger partial charge in [0.2, 0.25) is 0 Å². The van der Waals surface area contributed by atoms with Crippen molar-refractivity contribution in [1.29, 1.82) is 0 Å². The Morgan fingerprint density at radius 2 is 0.972 bits per heavy atom. The van der Waals surface area contributed by atoms with Gasteiger partial charge in [-0.05, 0) is 196 Å². The third-order valence-corrected chi connectivity index (χ3v) is 38.1. The molecule has 0 aliphatic carbocycles. The Labute approximate surface area is 712 Å². The van der Waals surface area contributed by atoms with Crippen molar-refractivity contribution in [2.75, 3.05) is 63.9 Å². The Morgan fingerprint density at radius 3 is 1.47 bits per heavy atom. The van der Waals surface area contributed by atoms with E-state index in [9.17, 15) is 8.42 Å². The number of halogens is 7. The number of aromatic amines is 1. The number of benzene rings is 2. The van der Waals surface area contributed by atoms with Crippen LogP contribution in [0.5, 0.6) is 5.75 Å². The standard InChI is InChI=1S/C13H11BrN2O2S.C13H21BrN2Si.C13H22N2Si.C7H7BrN2.C7H8N2.C7H6N2.C6H5ClO2S.C6H15ClSi.CH4O.CH2O.CH4.Br2.Na.H/c14-11-8-10-6-7-16(13(10)15-9-11)19-18-17-12-4-2-1-3-5-12;1-13(2,3)17(4,5)16-7-6-10-8-11(14)9-15-12(10)16;1-13(2,3)16(4,5)15-10-8-11-7-6-9-14-12(11)15;8-6-3-5-1-2-9-7(5)10-4-6;2*1-2-6-3-5-9-7(6)8-4-1;7-10(8,9)6-4-2-1-3-5-6;1-6(2,3)8(4,5)7;2*1-2;;1-2;;/h1-5,8-9H,6-7H2;8-9H,6-7H2,1-5H3;6-7,9H,8,10H2,1-5H3;3-4H,1-2H2,(H,9,10);1-2,4H,3,5H2,(H,8,9);1-5H,(H,8,9);1-5H;1-5H3;2H,1H3;1H2;1H4;;;/q;;;;;;;;;;;;+1;-1. The van der Waals surface area contributed by atoms with Crippen LogP contribution in [0.15, 0.2) is 183 Å². The van der Waals surface area contributed by atoms with Gasteiger partial charge in [-0.1, -0.05) is 162 Å². The second-order valence-corrected chi connectivity index (χ2v) is 52.1. The zero-order valence-electron chi connectivity index (χ0n) is 64.3. The fourth-order valence-electron chi connectivity index (χ4n) is 9.92. The third-order valence-electron chi connectivity index (χ3n) is 18.6. The van der Waals surface area contributed by atoms with Crippen LogP contribution in [0.1, 0.15) is 99.0 Å². The van der Waals surface area contributed by atoms with Crippen LogP contribution in [0.4, 0.5) is 29.1 Å². The molecule has 0 bridgehead atoms. The molecule has 5 aliphatic heterocycles. The van der Waals surface area contributed by atoms with Crippen LogP contribution < -0.4 is 58.5 Å². The number of para-hydroxylation sites is 1. The molecule has 0 fully saturated rings. The summed E-state index contributed by atoms with van der Waals surface area (Å²) in [6.07, 6.45) is 18.4. The molecule has 18 nitrogen and oxygen atoms in total. The van der Waals surface area contributed by atoms with Crippen molar-refractivity contribution in [3.05, 3.63) is 206 Å². The number of fused-ring (bicyclic) bond motifs is 6. The quantitative estimate of drug-likeness (QED) is 0.0222. The van der Waals surface area contributed by atoms with Crippen molar-refractivity contribution in [1.82, 2.24) is 34.9 Å². The van der Waals surface area contributed by atoms with E-state index in [0.29, 0.717) is 20.9 Å². The minimum absolute atomic E-state index is 0. The van der Waals surface area contributed by atoms with Gasteiger partial charge in [0, 0.05) is 141 Å². The van der Waals surface area contributed by atoms with Gasteiger partial charge in [-0.25, -0.2) is 38.3 Å². The van der Waals surface area contributed by atoms with Crippen LogP contribution in [0.2, 0.25) is 54.4 Å². The molecule has 31 heteroatoms. The van der Waals surface area contributed by atoms with Gasteiger partial charge in [-0.3, -0.25) is 4.31 Å². The largest absolute Gasteiger partial charge is 1.00 e. The summed E-state index contributed by atoms with van der Waals surface area (Å²) in [7, 11) is -1.82. The predicted octanol–water partition coefficient (Wildman–Crippen LogP) is 19.6. The fourth-order valence-corrected chi connectivity index (χ4v) is 16.9. The first-order valence-electron chi connectivity index (χ1n) is 33.7. The average molecular weight is 1910 g/mol. The van der Waals surface area contributed by atoms with Gasteiger partial charge < -0.3 is 41.0 Å². The number of hydrogen-bond donors (Lipinski definition) is 4. The maximum atomic E-state index is 10.6. The van der Waals surface area contributed by atoms with Gasteiger partial charge >= 0.3 is 29.6 Å². The molecule has 0 unspecified atom stereocenters. The average Bonchev–Trinajstić information content (AvgIpc) is 1.69. The van der Waals surface area contributed by atoms with E-state index in [0.717, 1.165) is 126 Å². The van der Waals surface area contributed by atoms with Crippen LogP contribution in [0.3, 0.4) is 0 Å². The molecule has 14 rings (SSSR count). The molecule has 12 heterocycles. The van der Waals surface area contributed by atoms with Crippen LogP contribution in [-0.2, 0) is 50.3 Å². The SMILES string of the molecule is BrBr.Brc1cnc2c(c1)CCN2.Brc1cnc2c(c1)CCN2SOOc1ccccc1.C.C=O.CC(C)(C)[Si](C)(C)Cl.CC(C)(C)[Si](C)(C)N1CCc2cc(Br)cnc21.CC(C)(C)[Si](C)(C)N1CCc2cccnc21.CO.O=S(=O)(Cl)c1ccccc1.[H-].[Na+].c1cnc2[nH]ccc2c1.c1cnc2c(c1)CCN2. The summed E-state index contributed by atoms with van der Waals surface area (Å²) >= 11 is 23.1. The van der Waals surface area contributed by atoms with Gasteiger partial charge in [-0.2, -0.15) is 11.1 Å². The summed E-state index contributed by atoms with van der Waals surface area (Å²) < 4.78 is 36.7. The van der Waals surface area contributed by atoms with Crippen molar-refractivity contribution >= 4 is 190 Å². The smallest absolute Gasteiger partial charge is 1.00 e. The first-order chi connectivity index (χ1) is 49.0. The number of anilines is 5. The summed E-state index contributed by atoms with van der Waals surface area (Å²) in [5.41, 5.74) is 7.64. The number of nitrogens with one attached hydrogen (secondary N) is 3. The third kappa shape index (κ3) is 30.4. The first kappa shape index (κ1) is 98.3. The predicted molar refractivity (Wildman–Crippen MR) is 472 cm³/mol. The first-order valence-corrected chi connectivity index (χ1v) is 52.7. The van der Waals surface area contributed by atoms with Crippen molar-refractivity contribution < 1.29 is 58.5 Å². The Bertz CT molecular complexity index is 4120. The second-order valence-electron chi connectivity index (χ2n) is 28.5. The van der Waals surface area contributed by atoms with Gasteiger partial charge in [-0.15, -0.1) is 0 Å². The van der Waals surface area contributed by atoms with Crippen LogP contribution in [-0.4, -0.2) is 119 Å². The maximum absolute atomic E-state index is 10.6. The van der Waals surface area contributed by atoms with E-state index in [4.69, 9.17) is 40.9 Å². The molecule has 0 saturated heterocycles. The summed E-state index contributed by atoms with van der Waals surface area (Å²) in [5, 5.41) is 15.6. The number of aromatic nitrogens is 7. The van der Waals surface area contributed by atoms with Crippen LogP contribution in [0, 0.1) is 0 Å². The molecule has 9 aromatic rings. The van der Waals surface area contributed by atoms with Crippen LogP contribution in [0.25, 0.3) is 11.0 Å². The minimum Gasteiger partial charge on any atom is -1.00 e. The minimum atomic E-state index is -3.53. The maximum Gasteiger partial charge on any atom is 1.00 e. The van der Waals surface area contributed by atoms with Crippen molar-refractivity contribution in [2.24, 2.45) is 0 Å². The van der Waals surface area contributed by atoms with Gasteiger partial charge in [0.25, 0.3) is 9.05 Å². The summed E-state index contributed by atoms with van der Waals surface area (Å²) in [4.78, 5) is 42.4. The van der Waals surface area contributed by atoms with Crippen molar-refractivity contribution in [3.63, 3.8) is 0 Å². The summed E-state index contributed by atoms with van der Waals surface area (Å²) in [5.74, 6) is 6.19. The van der Waals surface area contributed by atoms with Crippen LogP contribution >= 0.6 is 110 Å². The molecule has 106 heavy (non-hydrogen) atoms. The van der Waals surface area contributed by atoms with E-state index in [1.54, 1.807) is 30.6 Å². The number of H-pyrrole nitrogens is 1. The van der Waals surface area contributed by atoms with Gasteiger partial charge in [0.15, 0.2) is 41.8 Å². The molecule has 7 aromatic heterocycles. The molecule has 0 spiro atoms. The van der Waals surface area contributed by atoms with Crippen molar-refractivity contribution in [3.8, 4) is 5.75 Å².